The Balaban J connectivity index is 1.71. The van der Waals surface area contributed by atoms with E-state index < -0.39 is 23.7 Å². The van der Waals surface area contributed by atoms with Gasteiger partial charge >= 0.3 is 0 Å². The van der Waals surface area contributed by atoms with Gasteiger partial charge in [-0.05, 0) is 48.0 Å². The van der Waals surface area contributed by atoms with Crippen molar-refractivity contribution in [2.24, 2.45) is 0 Å². The SMILES string of the molecule is O=C(C[C@@]1(O)C(=O)N(Cc2ccc(Cl)cc2)c2ccc(Cl)cc21)c1ccccn1. The van der Waals surface area contributed by atoms with Crippen LogP contribution in [0.2, 0.25) is 10.0 Å². The highest BCUT2D eigenvalue weighted by atomic mass is 35.5. The molecule has 0 fully saturated rings. The van der Waals surface area contributed by atoms with E-state index in [2.05, 4.69) is 4.98 Å². The number of carbonyl (C=O) groups excluding carboxylic acids is 2. The highest BCUT2D eigenvalue weighted by Gasteiger charge is 2.51. The molecule has 0 aliphatic carbocycles. The van der Waals surface area contributed by atoms with Gasteiger partial charge in [0.2, 0.25) is 0 Å². The van der Waals surface area contributed by atoms with E-state index in [-0.39, 0.29) is 12.2 Å². The quantitative estimate of drug-likeness (QED) is 0.613. The van der Waals surface area contributed by atoms with E-state index in [4.69, 9.17) is 23.2 Å². The summed E-state index contributed by atoms with van der Waals surface area (Å²) in [6.45, 7) is 0.227. The first kappa shape index (κ1) is 19.6. The molecule has 4 rings (SSSR count). The number of ketones is 1. The highest BCUT2D eigenvalue weighted by Crippen LogP contribution is 2.44. The molecule has 0 bridgehead atoms. The Morgan fingerprint density at radius 3 is 2.45 bits per heavy atom. The minimum absolute atomic E-state index is 0.188. The molecule has 3 aromatic rings. The van der Waals surface area contributed by atoms with Gasteiger partial charge in [0.1, 0.15) is 5.69 Å². The van der Waals surface area contributed by atoms with Crippen LogP contribution in [0.25, 0.3) is 0 Å². The molecule has 1 aliphatic heterocycles. The molecule has 0 spiro atoms. The Bertz CT molecular complexity index is 1090. The van der Waals surface area contributed by atoms with E-state index in [1.165, 1.54) is 17.2 Å². The van der Waals surface area contributed by atoms with Crippen LogP contribution in [0.3, 0.4) is 0 Å². The smallest absolute Gasteiger partial charge is 0.264 e. The Morgan fingerprint density at radius 2 is 1.76 bits per heavy atom. The van der Waals surface area contributed by atoms with Crippen molar-refractivity contribution in [3.63, 3.8) is 0 Å². The van der Waals surface area contributed by atoms with E-state index in [9.17, 15) is 14.7 Å². The molecular weight excluding hydrogens is 411 g/mol. The minimum atomic E-state index is -2.01. The van der Waals surface area contributed by atoms with E-state index >= 15 is 0 Å². The molecule has 5 nitrogen and oxygen atoms in total. The fourth-order valence-electron chi connectivity index (χ4n) is 3.47. The van der Waals surface area contributed by atoms with Crippen molar-refractivity contribution in [2.45, 2.75) is 18.6 Å². The Hall–Kier alpha value is -2.73. The van der Waals surface area contributed by atoms with Gasteiger partial charge in [0.25, 0.3) is 5.91 Å². The first-order chi connectivity index (χ1) is 13.9. The van der Waals surface area contributed by atoms with Crippen molar-refractivity contribution in [2.75, 3.05) is 4.90 Å². The second-order valence-corrected chi connectivity index (χ2v) is 7.73. The van der Waals surface area contributed by atoms with Crippen LogP contribution in [0.1, 0.15) is 28.0 Å². The zero-order valence-corrected chi connectivity index (χ0v) is 16.7. The summed E-state index contributed by atoms with van der Waals surface area (Å²) in [5, 5.41) is 12.3. The summed E-state index contributed by atoms with van der Waals surface area (Å²) in [4.78, 5) is 31.5. The summed E-state index contributed by atoms with van der Waals surface area (Å²) >= 11 is 12.1. The van der Waals surface area contributed by atoms with Crippen molar-refractivity contribution in [1.29, 1.82) is 0 Å². The second-order valence-electron chi connectivity index (χ2n) is 6.85. The van der Waals surface area contributed by atoms with Gasteiger partial charge in [-0.1, -0.05) is 41.4 Å². The number of halogens is 2. The molecule has 1 amide bonds. The molecule has 146 valence electrons. The molecule has 1 N–H and O–H groups in total. The molecule has 1 aliphatic rings. The summed E-state index contributed by atoms with van der Waals surface area (Å²) in [6, 6.07) is 16.9. The van der Waals surface area contributed by atoms with Gasteiger partial charge in [0, 0.05) is 21.8 Å². The fourth-order valence-corrected chi connectivity index (χ4v) is 3.77. The highest BCUT2D eigenvalue weighted by molar-refractivity contribution is 6.31. The van der Waals surface area contributed by atoms with Crippen molar-refractivity contribution < 1.29 is 14.7 Å². The first-order valence-corrected chi connectivity index (χ1v) is 9.67. The van der Waals surface area contributed by atoms with Gasteiger partial charge in [-0.15, -0.1) is 0 Å². The van der Waals surface area contributed by atoms with Gasteiger partial charge in [0.05, 0.1) is 18.7 Å². The van der Waals surface area contributed by atoms with Crippen LogP contribution in [-0.2, 0) is 16.9 Å². The monoisotopic (exact) mass is 426 g/mol. The number of hydrogen-bond acceptors (Lipinski definition) is 4. The predicted octanol–water partition coefficient (Wildman–Crippen LogP) is 4.40. The maximum absolute atomic E-state index is 13.3. The second kappa shape index (κ2) is 7.59. The van der Waals surface area contributed by atoms with Crippen molar-refractivity contribution in [1.82, 2.24) is 4.98 Å². The van der Waals surface area contributed by atoms with Crippen LogP contribution in [0.5, 0.6) is 0 Å². The predicted molar refractivity (Wildman–Crippen MR) is 111 cm³/mol. The average Bonchev–Trinajstić information content (AvgIpc) is 2.92. The molecule has 0 unspecified atom stereocenters. The van der Waals surface area contributed by atoms with Gasteiger partial charge in [-0.3, -0.25) is 14.6 Å². The maximum Gasteiger partial charge on any atom is 0.264 e. The number of benzene rings is 2. The molecule has 2 heterocycles. The van der Waals surface area contributed by atoms with Crippen LogP contribution >= 0.6 is 23.2 Å². The third-order valence-corrected chi connectivity index (χ3v) is 5.40. The summed E-state index contributed by atoms with van der Waals surface area (Å²) < 4.78 is 0. The standard InChI is InChI=1S/C22H16Cl2N2O3/c23-15-6-4-14(5-7-15)13-26-19-9-8-16(24)11-17(19)22(29,21(26)28)12-20(27)18-3-1-2-10-25-18/h1-11,29H,12-13H2/t22-/m0/s1. The van der Waals surface area contributed by atoms with Crippen LogP contribution in [0, 0.1) is 0 Å². The molecule has 2 aromatic carbocycles. The van der Waals surface area contributed by atoms with E-state index in [0.717, 1.165) is 5.56 Å². The number of rotatable bonds is 5. The third kappa shape index (κ3) is 3.65. The van der Waals surface area contributed by atoms with Crippen LogP contribution in [0.15, 0.2) is 66.9 Å². The van der Waals surface area contributed by atoms with Gasteiger partial charge in [-0.2, -0.15) is 0 Å². The van der Waals surface area contributed by atoms with Gasteiger partial charge in [0.15, 0.2) is 11.4 Å². The number of nitrogens with zero attached hydrogens (tertiary/aromatic N) is 2. The minimum Gasteiger partial charge on any atom is -0.375 e. The lowest BCUT2D eigenvalue weighted by molar-refractivity contribution is -0.136. The zero-order chi connectivity index (χ0) is 20.6. The number of pyridine rings is 1. The third-order valence-electron chi connectivity index (χ3n) is 4.91. The largest absolute Gasteiger partial charge is 0.375 e. The summed E-state index contributed by atoms with van der Waals surface area (Å²) in [7, 11) is 0. The Kier molecular flexibility index (Phi) is 5.13. The molecule has 29 heavy (non-hydrogen) atoms. The van der Waals surface area contributed by atoms with Crippen molar-refractivity contribution in [3.8, 4) is 0 Å². The fraction of sp³-hybridized carbons (Fsp3) is 0.136. The summed E-state index contributed by atoms with van der Waals surface area (Å²) in [5.74, 6) is -1.00. The normalized spacial score (nSPS) is 18.0. The number of amides is 1. The molecular formula is C22H16Cl2N2O3. The lowest BCUT2D eigenvalue weighted by Gasteiger charge is -2.22. The topological polar surface area (TPSA) is 70.5 Å². The molecule has 0 saturated carbocycles. The number of fused-ring (bicyclic) bond motifs is 1. The molecule has 0 radical (unpaired) electrons. The lowest BCUT2D eigenvalue weighted by Crippen LogP contribution is -2.41. The zero-order valence-electron chi connectivity index (χ0n) is 15.2. The van der Waals surface area contributed by atoms with Crippen molar-refractivity contribution in [3.05, 3.63) is 93.7 Å². The molecule has 7 heteroatoms. The van der Waals surface area contributed by atoms with Crippen LogP contribution in [0.4, 0.5) is 5.69 Å². The number of carbonyl (C=O) groups is 2. The van der Waals surface area contributed by atoms with E-state index in [1.54, 1.807) is 42.5 Å². The molecule has 1 atom stereocenters. The van der Waals surface area contributed by atoms with E-state index in [1.807, 2.05) is 12.1 Å². The number of aromatic nitrogens is 1. The van der Waals surface area contributed by atoms with Gasteiger partial charge in [-0.25, -0.2) is 0 Å². The maximum atomic E-state index is 13.3. The Labute approximate surface area is 177 Å². The Morgan fingerprint density at radius 1 is 1.03 bits per heavy atom. The number of aliphatic hydroxyl groups is 1. The van der Waals surface area contributed by atoms with Crippen LogP contribution < -0.4 is 4.90 Å². The lowest BCUT2D eigenvalue weighted by atomic mass is 9.89. The van der Waals surface area contributed by atoms with E-state index in [0.29, 0.717) is 21.3 Å². The molecule has 1 aromatic heterocycles. The number of hydrogen-bond donors (Lipinski definition) is 1. The van der Waals surface area contributed by atoms with Crippen LogP contribution in [-0.4, -0.2) is 21.8 Å². The number of Topliss-reactive ketones (excluding diaryl/α,β-unsaturated/α-hetero) is 1. The summed E-state index contributed by atoms with van der Waals surface area (Å²) in [6.07, 6.45) is 1.07. The first-order valence-electron chi connectivity index (χ1n) is 8.91. The average molecular weight is 427 g/mol. The van der Waals surface area contributed by atoms with Gasteiger partial charge < -0.3 is 10.0 Å². The summed E-state index contributed by atoms with van der Waals surface area (Å²) in [5.41, 5.74) is -0.155. The molecule has 0 saturated heterocycles. The van der Waals surface area contributed by atoms with Crippen molar-refractivity contribution >= 4 is 40.6 Å². The number of anilines is 1.